The number of carbonyl (C=O) groups is 3. The van der Waals surface area contributed by atoms with Gasteiger partial charge in [-0.1, -0.05) is 37.3 Å². The average molecular weight is 312 g/mol. The normalized spacial score (nSPS) is 23.1. The summed E-state index contributed by atoms with van der Waals surface area (Å²) in [6.07, 6.45) is 5.85. The number of imide groups is 1. The summed E-state index contributed by atoms with van der Waals surface area (Å²) in [5, 5.41) is 2.81. The zero-order chi connectivity index (χ0) is 16.4. The van der Waals surface area contributed by atoms with Crippen LogP contribution in [0.15, 0.2) is 36.4 Å². The van der Waals surface area contributed by atoms with Crippen LogP contribution in [0.25, 0.3) is 0 Å². The van der Waals surface area contributed by atoms with E-state index in [4.69, 9.17) is 0 Å². The quantitative estimate of drug-likeness (QED) is 0.684. The number of amides is 3. The van der Waals surface area contributed by atoms with Crippen molar-refractivity contribution in [3.05, 3.63) is 42.0 Å². The van der Waals surface area contributed by atoms with Crippen LogP contribution in [0.5, 0.6) is 0 Å². The summed E-state index contributed by atoms with van der Waals surface area (Å²) in [6, 6.07) is 7.54. The Labute approximate surface area is 135 Å². The minimum atomic E-state index is -0.334. The first kappa shape index (κ1) is 15.5. The summed E-state index contributed by atoms with van der Waals surface area (Å²) < 4.78 is 0. The fourth-order valence-electron chi connectivity index (χ4n) is 3.31. The number of benzene rings is 1. The third-order valence-electron chi connectivity index (χ3n) is 4.57. The maximum absolute atomic E-state index is 12.4. The zero-order valence-corrected chi connectivity index (χ0v) is 13.1. The molecule has 5 nitrogen and oxygen atoms in total. The van der Waals surface area contributed by atoms with Crippen molar-refractivity contribution in [3.63, 3.8) is 0 Å². The van der Waals surface area contributed by atoms with E-state index in [-0.39, 0.29) is 36.1 Å². The lowest BCUT2D eigenvalue weighted by Crippen LogP contribution is -2.38. The molecule has 0 aromatic heterocycles. The van der Waals surface area contributed by atoms with Crippen molar-refractivity contribution in [2.24, 2.45) is 11.8 Å². The highest BCUT2D eigenvalue weighted by atomic mass is 16.2. The van der Waals surface area contributed by atoms with Crippen molar-refractivity contribution < 1.29 is 14.4 Å². The van der Waals surface area contributed by atoms with Gasteiger partial charge in [0.2, 0.25) is 17.7 Å². The van der Waals surface area contributed by atoms with E-state index in [0.717, 1.165) is 22.6 Å². The molecule has 1 aromatic rings. The number of likely N-dealkylation sites (tertiary alicyclic amines) is 1. The molecule has 120 valence electrons. The number of carbonyl (C=O) groups excluding carboxylic acids is 3. The minimum Gasteiger partial charge on any atom is -0.324 e. The summed E-state index contributed by atoms with van der Waals surface area (Å²) in [6.45, 7) is 1.80. The lowest BCUT2D eigenvalue weighted by Gasteiger charge is -2.15. The van der Waals surface area contributed by atoms with E-state index >= 15 is 0 Å². The van der Waals surface area contributed by atoms with Gasteiger partial charge in [0.25, 0.3) is 0 Å². The summed E-state index contributed by atoms with van der Waals surface area (Å²) in [5.41, 5.74) is 1.76. The Morgan fingerprint density at radius 2 is 1.74 bits per heavy atom. The van der Waals surface area contributed by atoms with E-state index in [1.165, 1.54) is 0 Å². The Morgan fingerprint density at radius 1 is 1.13 bits per heavy atom. The highest BCUT2D eigenvalue weighted by Gasteiger charge is 2.47. The molecule has 1 fully saturated rings. The molecule has 2 aliphatic rings. The van der Waals surface area contributed by atoms with Crippen molar-refractivity contribution in [3.8, 4) is 0 Å². The van der Waals surface area contributed by atoms with Gasteiger partial charge < -0.3 is 5.32 Å². The molecule has 1 saturated heterocycles. The molecule has 0 radical (unpaired) electrons. The molecule has 3 rings (SSSR count). The van der Waals surface area contributed by atoms with Gasteiger partial charge in [0, 0.05) is 5.69 Å². The summed E-state index contributed by atoms with van der Waals surface area (Å²) in [7, 11) is 0. The SMILES string of the molecule is CCc1ccccc1NC(=O)CN1C(=O)[C@@H]2CC=CC[C@H]2C1=O. The van der Waals surface area contributed by atoms with Crippen molar-refractivity contribution in [1.29, 1.82) is 0 Å². The van der Waals surface area contributed by atoms with Gasteiger partial charge >= 0.3 is 0 Å². The molecule has 0 saturated carbocycles. The first-order chi connectivity index (χ1) is 11.1. The smallest absolute Gasteiger partial charge is 0.244 e. The second-order valence-electron chi connectivity index (χ2n) is 5.98. The number of nitrogens with one attached hydrogen (secondary N) is 1. The fourth-order valence-corrected chi connectivity index (χ4v) is 3.31. The van der Waals surface area contributed by atoms with Crippen molar-refractivity contribution >= 4 is 23.4 Å². The van der Waals surface area contributed by atoms with E-state index in [1.807, 2.05) is 43.3 Å². The van der Waals surface area contributed by atoms with Crippen LogP contribution in [0.4, 0.5) is 5.69 Å². The average Bonchev–Trinajstić information content (AvgIpc) is 2.81. The third kappa shape index (κ3) is 2.91. The van der Waals surface area contributed by atoms with Gasteiger partial charge in [-0.2, -0.15) is 0 Å². The monoisotopic (exact) mass is 312 g/mol. The second kappa shape index (κ2) is 6.36. The van der Waals surface area contributed by atoms with Crippen LogP contribution >= 0.6 is 0 Å². The highest BCUT2D eigenvalue weighted by molar-refractivity contribution is 6.08. The zero-order valence-electron chi connectivity index (χ0n) is 13.1. The number of fused-ring (bicyclic) bond motifs is 1. The van der Waals surface area contributed by atoms with Crippen LogP contribution in [0.3, 0.4) is 0 Å². The van der Waals surface area contributed by atoms with E-state index in [0.29, 0.717) is 12.8 Å². The molecule has 1 aliphatic heterocycles. The van der Waals surface area contributed by atoms with Gasteiger partial charge in [0.05, 0.1) is 11.8 Å². The van der Waals surface area contributed by atoms with Gasteiger partial charge in [0.15, 0.2) is 0 Å². The molecular weight excluding hydrogens is 292 g/mol. The number of nitrogens with zero attached hydrogens (tertiary/aromatic N) is 1. The topological polar surface area (TPSA) is 66.5 Å². The first-order valence-electron chi connectivity index (χ1n) is 7.99. The molecule has 2 atom stereocenters. The molecule has 1 aromatic carbocycles. The van der Waals surface area contributed by atoms with Gasteiger partial charge in [-0.25, -0.2) is 0 Å². The minimum absolute atomic E-state index is 0.206. The third-order valence-corrected chi connectivity index (χ3v) is 4.57. The van der Waals surface area contributed by atoms with E-state index in [9.17, 15) is 14.4 Å². The number of para-hydroxylation sites is 1. The molecule has 1 heterocycles. The van der Waals surface area contributed by atoms with Gasteiger partial charge in [-0.05, 0) is 30.9 Å². The Kier molecular flexibility index (Phi) is 4.28. The summed E-state index contributed by atoms with van der Waals surface area (Å²) >= 11 is 0. The van der Waals surface area contributed by atoms with E-state index in [2.05, 4.69) is 5.32 Å². The number of aryl methyl sites for hydroxylation is 1. The molecule has 0 spiro atoms. The van der Waals surface area contributed by atoms with Crippen LogP contribution in [-0.2, 0) is 20.8 Å². The van der Waals surface area contributed by atoms with E-state index < -0.39 is 0 Å². The van der Waals surface area contributed by atoms with Crippen LogP contribution in [0, 0.1) is 11.8 Å². The van der Waals surface area contributed by atoms with Crippen molar-refractivity contribution in [2.45, 2.75) is 26.2 Å². The standard InChI is InChI=1S/C18H20N2O3/c1-2-12-7-3-6-10-15(12)19-16(21)11-20-17(22)13-8-4-5-9-14(13)18(20)23/h3-7,10,13-14H,2,8-9,11H2,1H3,(H,19,21)/t13-,14-/m1/s1. The highest BCUT2D eigenvalue weighted by Crippen LogP contribution is 2.34. The Morgan fingerprint density at radius 3 is 2.35 bits per heavy atom. The molecule has 23 heavy (non-hydrogen) atoms. The van der Waals surface area contributed by atoms with Gasteiger partial charge in [-0.3, -0.25) is 19.3 Å². The maximum atomic E-state index is 12.4. The number of rotatable bonds is 4. The predicted molar refractivity (Wildman–Crippen MR) is 86.5 cm³/mol. The lowest BCUT2D eigenvalue weighted by atomic mass is 9.85. The maximum Gasteiger partial charge on any atom is 0.244 e. The summed E-state index contributed by atoms with van der Waals surface area (Å²) in [4.78, 5) is 38.1. The number of hydrogen-bond donors (Lipinski definition) is 1. The van der Waals surface area contributed by atoms with E-state index in [1.54, 1.807) is 0 Å². The van der Waals surface area contributed by atoms with Gasteiger partial charge in [-0.15, -0.1) is 0 Å². The summed E-state index contributed by atoms with van der Waals surface area (Å²) in [5.74, 6) is -1.35. The van der Waals surface area contributed by atoms with Crippen LogP contribution in [0.1, 0.15) is 25.3 Å². The fraction of sp³-hybridized carbons (Fsp3) is 0.389. The molecular formula is C18H20N2O3. The van der Waals surface area contributed by atoms with Crippen molar-refractivity contribution in [2.75, 3.05) is 11.9 Å². The molecule has 1 aliphatic carbocycles. The predicted octanol–water partition coefficient (Wildman–Crippen LogP) is 2.14. The first-order valence-corrected chi connectivity index (χ1v) is 7.99. The Bertz CT molecular complexity index is 655. The van der Waals surface area contributed by atoms with Crippen LogP contribution < -0.4 is 5.32 Å². The van der Waals surface area contributed by atoms with Gasteiger partial charge in [0.1, 0.15) is 6.54 Å². The lowest BCUT2D eigenvalue weighted by molar-refractivity contribution is -0.142. The molecule has 0 unspecified atom stereocenters. The largest absolute Gasteiger partial charge is 0.324 e. The number of hydrogen-bond acceptors (Lipinski definition) is 3. The number of allylic oxidation sites excluding steroid dienone is 2. The molecule has 0 bridgehead atoms. The molecule has 5 heteroatoms. The van der Waals surface area contributed by atoms with Crippen molar-refractivity contribution in [1.82, 2.24) is 4.90 Å². The van der Waals surface area contributed by atoms with Crippen LogP contribution in [-0.4, -0.2) is 29.2 Å². The molecule has 3 amide bonds. The van der Waals surface area contributed by atoms with Crippen LogP contribution in [0.2, 0.25) is 0 Å². The number of anilines is 1. The Hall–Kier alpha value is -2.43. The second-order valence-corrected chi connectivity index (χ2v) is 5.98. The molecule has 1 N–H and O–H groups in total. The Balaban J connectivity index is 1.68.